The number of fused-ring (bicyclic) bond motifs is 1. The molecular weight excluding hydrogens is 438 g/mol. The molecule has 0 fully saturated rings. The van der Waals surface area contributed by atoms with E-state index in [1.54, 1.807) is 0 Å². The Balaban J connectivity index is 2.31. The highest BCUT2D eigenvalue weighted by Gasteiger charge is 2.11. The molecule has 0 radical (unpaired) electrons. The van der Waals surface area contributed by atoms with E-state index < -0.39 is 0 Å². The Bertz CT molecular complexity index is 737. The number of rotatable bonds is 2. The van der Waals surface area contributed by atoms with Crippen LogP contribution in [0.1, 0.15) is 5.82 Å². The average Bonchev–Trinajstić information content (AvgIpc) is 2.77. The van der Waals surface area contributed by atoms with Crippen molar-refractivity contribution in [1.82, 2.24) is 9.55 Å². The molecule has 0 saturated carbocycles. The molecule has 0 spiro atoms. The predicted molar refractivity (Wildman–Crippen MR) is 91.0 cm³/mol. The monoisotopic (exact) mass is 446 g/mol. The lowest BCUT2D eigenvalue weighted by molar-refractivity contribution is 0.981. The van der Waals surface area contributed by atoms with E-state index in [0.717, 1.165) is 27.0 Å². The van der Waals surface area contributed by atoms with Crippen LogP contribution in [0.15, 0.2) is 46.9 Å². The first-order valence-electron chi connectivity index (χ1n) is 5.68. The van der Waals surface area contributed by atoms with Gasteiger partial charge in [0.25, 0.3) is 0 Å². The molecule has 1 heterocycles. The van der Waals surface area contributed by atoms with Crippen LogP contribution >= 0.6 is 50.1 Å². The van der Waals surface area contributed by atoms with Gasteiger partial charge in [0, 0.05) is 13.7 Å². The average molecular weight is 448 g/mol. The summed E-state index contributed by atoms with van der Waals surface area (Å²) in [4.78, 5) is 4.58. The van der Waals surface area contributed by atoms with Gasteiger partial charge < -0.3 is 0 Å². The summed E-state index contributed by atoms with van der Waals surface area (Å²) in [7, 11) is 0. The second kappa shape index (κ2) is 5.42. The standard InChI is InChI=1S/C14H9BrClIN2/c15-9-1-6-12-13(7-9)19(14(8-16)18-12)11-4-2-10(17)3-5-11/h1-7H,8H2. The Morgan fingerprint density at radius 3 is 2.58 bits per heavy atom. The molecule has 5 heteroatoms. The fourth-order valence-electron chi connectivity index (χ4n) is 2.07. The molecule has 2 nitrogen and oxygen atoms in total. The van der Waals surface area contributed by atoms with Gasteiger partial charge in [0.2, 0.25) is 0 Å². The van der Waals surface area contributed by atoms with Gasteiger partial charge in [-0.05, 0) is 65.1 Å². The predicted octanol–water partition coefficient (Wildman–Crippen LogP) is 5.13. The van der Waals surface area contributed by atoms with Gasteiger partial charge in [-0.15, -0.1) is 11.6 Å². The van der Waals surface area contributed by atoms with Crippen molar-refractivity contribution in [3.8, 4) is 5.69 Å². The minimum absolute atomic E-state index is 0.387. The Labute approximate surface area is 138 Å². The van der Waals surface area contributed by atoms with Crippen LogP contribution in [0.25, 0.3) is 16.7 Å². The fourth-order valence-corrected chi connectivity index (χ4v) is 2.95. The zero-order chi connectivity index (χ0) is 13.4. The van der Waals surface area contributed by atoms with Crippen LogP contribution in [0.2, 0.25) is 0 Å². The molecule has 19 heavy (non-hydrogen) atoms. The van der Waals surface area contributed by atoms with Crippen LogP contribution in [0, 0.1) is 3.57 Å². The zero-order valence-electron chi connectivity index (χ0n) is 9.78. The van der Waals surface area contributed by atoms with E-state index in [0.29, 0.717) is 5.88 Å². The number of aromatic nitrogens is 2. The molecule has 96 valence electrons. The number of hydrogen-bond donors (Lipinski definition) is 0. The minimum atomic E-state index is 0.387. The van der Waals surface area contributed by atoms with Crippen molar-refractivity contribution in [3.63, 3.8) is 0 Å². The highest BCUT2D eigenvalue weighted by Crippen LogP contribution is 2.25. The van der Waals surface area contributed by atoms with E-state index >= 15 is 0 Å². The number of alkyl halides is 1. The third-order valence-corrected chi connectivity index (χ3v) is 4.34. The number of benzene rings is 2. The van der Waals surface area contributed by atoms with Gasteiger partial charge >= 0.3 is 0 Å². The fraction of sp³-hybridized carbons (Fsp3) is 0.0714. The van der Waals surface area contributed by atoms with Crippen molar-refractivity contribution in [2.45, 2.75) is 5.88 Å². The first-order chi connectivity index (χ1) is 9.19. The highest BCUT2D eigenvalue weighted by molar-refractivity contribution is 14.1. The molecule has 0 aliphatic rings. The molecule has 1 aromatic heterocycles. The second-order valence-corrected chi connectivity index (χ2v) is 6.54. The van der Waals surface area contributed by atoms with Crippen molar-refractivity contribution in [2.75, 3.05) is 0 Å². The summed E-state index contributed by atoms with van der Waals surface area (Å²) in [5, 5.41) is 0. The van der Waals surface area contributed by atoms with Crippen LogP contribution in [0.3, 0.4) is 0 Å². The first-order valence-corrected chi connectivity index (χ1v) is 8.08. The first kappa shape index (κ1) is 13.4. The van der Waals surface area contributed by atoms with Gasteiger partial charge in [-0.25, -0.2) is 4.98 Å². The quantitative estimate of drug-likeness (QED) is 0.393. The molecule has 0 saturated heterocycles. The van der Waals surface area contributed by atoms with Crippen LogP contribution in [0.4, 0.5) is 0 Å². The number of nitrogens with zero attached hydrogens (tertiary/aromatic N) is 2. The molecule has 2 aromatic carbocycles. The molecular formula is C14H9BrClIN2. The maximum Gasteiger partial charge on any atom is 0.129 e. The zero-order valence-corrected chi connectivity index (χ0v) is 14.3. The van der Waals surface area contributed by atoms with Crippen molar-refractivity contribution in [2.24, 2.45) is 0 Å². The van der Waals surface area contributed by atoms with Gasteiger partial charge in [-0.2, -0.15) is 0 Å². The SMILES string of the molecule is ClCc1nc2ccc(Br)cc2n1-c1ccc(I)cc1. The van der Waals surface area contributed by atoms with Crippen molar-refractivity contribution < 1.29 is 0 Å². The summed E-state index contributed by atoms with van der Waals surface area (Å²) in [6, 6.07) is 14.4. The topological polar surface area (TPSA) is 17.8 Å². The Kier molecular flexibility index (Phi) is 3.82. The van der Waals surface area contributed by atoms with Gasteiger partial charge in [0.15, 0.2) is 0 Å². The van der Waals surface area contributed by atoms with Gasteiger partial charge in [-0.1, -0.05) is 15.9 Å². The van der Waals surface area contributed by atoms with E-state index in [-0.39, 0.29) is 0 Å². The minimum Gasteiger partial charge on any atom is -0.295 e. The van der Waals surface area contributed by atoms with E-state index in [4.69, 9.17) is 11.6 Å². The summed E-state index contributed by atoms with van der Waals surface area (Å²) in [6.45, 7) is 0. The van der Waals surface area contributed by atoms with Crippen LogP contribution in [0.5, 0.6) is 0 Å². The normalized spacial score (nSPS) is 11.1. The van der Waals surface area contributed by atoms with Gasteiger partial charge in [0.05, 0.1) is 16.9 Å². The lowest BCUT2D eigenvalue weighted by atomic mass is 10.3. The summed E-state index contributed by atoms with van der Waals surface area (Å²) in [5.74, 6) is 1.24. The highest BCUT2D eigenvalue weighted by atomic mass is 127. The summed E-state index contributed by atoms with van der Waals surface area (Å²) in [6.07, 6.45) is 0. The van der Waals surface area contributed by atoms with E-state index in [9.17, 15) is 0 Å². The Morgan fingerprint density at radius 2 is 1.89 bits per heavy atom. The van der Waals surface area contributed by atoms with Crippen LogP contribution in [-0.2, 0) is 5.88 Å². The Morgan fingerprint density at radius 1 is 1.16 bits per heavy atom. The van der Waals surface area contributed by atoms with Gasteiger partial charge in [0.1, 0.15) is 5.82 Å². The molecule has 0 amide bonds. The maximum absolute atomic E-state index is 6.03. The molecule has 0 aliphatic carbocycles. The summed E-state index contributed by atoms with van der Waals surface area (Å²) in [5.41, 5.74) is 3.10. The van der Waals surface area contributed by atoms with E-state index in [1.165, 1.54) is 3.57 Å². The van der Waals surface area contributed by atoms with Crippen LogP contribution < -0.4 is 0 Å². The largest absolute Gasteiger partial charge is 0.295 e. The molecule has 3 aromatic rings. The molecule has 0 bridgehead atoms. The lowest BCUT2D eigenvalue weighted by Crippen LogP contribution is -1.99. The number of halogens is 3. The van der Waals surface area contributed by atoms with Crippen LogP contribution in [-0.4, -0.2) is 9.55 Å². The lowest BCUT2D eigenvalue weighted by Gasteiger charge is -2.08. The maximum atomic E-state index is 6.03. The Hall–Kier alpha value is -0.590. The van der Waals surface area contributed by atoms with E-state index in [1.807, 2.05) is 12.1 Å². The summed E-state index contributed by atoms with van der Waals surface area (Å²) < 4.78 is 4.34. The third-order valence-electron chi connectivity index (χ3n) is 2.89. The second-order valence-electron chi connectivity index (χ2n) is 4.11. The molecule has 0 atom stereocenters. The smallest absolute Gasteiger partial charge is 0.129 e. The van der Waals surface area contributed by atoms with Crippen molar-refractivity contribution in [1.29, 1.82) is 0 Å². The van der Waals surface area contributed by atoms with E-state index in [2.05, 4.69) is 78.4 Å². The molecule has 0 unspecified atom stereocenters. The molecule has 3 rings (SSSR count). The van der Waals surface area contributed by atoms with Crippen molar-refractivity contribution in [3.05, 3.63) is 56.3 Å². The molecule has 0 aliphatic heterocycles. The summed E-state index contributed by atoms with van der Waals surface area (Å²) >= 11 is 11.8. The number of hydrogen-bond acceptors (Lipinski definition) is 1. The molecule has 0 N–H and O–H groups in total. The number of imidazole rings is 1. The third kappa shape index (κ3) is 2.53. The van der Waals surface area contributed by atoms with Crippen molar-refractivity contribution >= 4 is 61.2 Å². The van der Waals surface area contributed by atoms with Gasteiger partial charge in [-0.3, -0.25) is 4.57 Å².